The fraction of sp³-hybridized carbons (Fsp3) is 0.259. The minimum absolute atomic E-state index is 0.0614. The number of hydrogen-bond donors (Lipinski definition) is 3. The third-order valence-corrected chi connectivity index (χ3v) is 8.24. The Hall–Kier alpha value is -3.29. The molecule has 0 amide bonds. The van der Waals surface area contributed by atoms with Crippen molar-refractivity contribution in [1.29, 1.82) is 0 Å². The fourth-order valence-corrected chi connectivity index (χ4v) is 6.13. The van der Waals surface area contributed by atoms with Gasteiger partial charge in [-0.15, -0.1) is 0 Å². The first-order valence-electron chi connectivity index (χ1n) is 11.4. The molecule has 3 atom stereocenters. The van der Waals surface area contributed by atoms with Crippen molar-refractivity contribution in [2.24, 2.45) is 5.92 Å². The van der Waals surface area contributed by atoms with Crippen LogP contribution in [0.1, 0.15) is 35.1 Å². The lowest BCUT2D eigenvalue weighted by Crippen LogP contribution is -2.30. The van der Waals surface area contributed by atoms with E-state index in [1.54, 1.807) is 18.2 Å². The monoisotopic (exact) mass is 476 g/mol. The second kappa shape index (κ2) is 9.16. The van der Waals surface area contributed by atoms with E-state index in [1.165, 1.54) is 7.11 Å². The van der Waals surface area contributed by atoms with E-state index in [2.05, 4.69) is 22.2 Å². The van der Waals surface area contributed by atoms with E-state index < -0.39 is 10.0 Å². The molecule has 2 aliphatic rings. The average Bonchev–Trinajstić information content (AvgIpc) is 3.34. The van der Waals surface area contributed by atoms with Gasteiger partial charge in [-0.1, -0.05) is 54.6 Å². The van der Waals surface area contributed by atoms with Crippen LogP contribution in [0.2, 0.25) is 0 Å². The van der Waals surface area contributed by atoms with Crippen LogP contribution in [0.15, 0.2) is 83.8 Å². The van der Waals surface area contributed by atoms with Gasteiger partial charge in [0.15, 0.2) is 11.5 Å². The molecular weight excluding hydrogens is 448 g/mol. The van der Waals surface area contributed by atoms with E-state index in [4.69, 9.17) is 4.74 Å². The predicted octanol–water partition coefficient (Wildman–Crippen LogP) is 4.75. The van der Waals surface area contributed by atoms with Crippen LogP contribution in [-0.2, 0) is 16.4 Å². The Bertz CT molecular complexity index is 1320. The Balaban J connectivity index is 1.40. The van der Waals surface area contributed by atoms with E-state index in [0.717, 1.165) is 28.8 Å². The molecule has 0 aromatic heterocycles. The Morgan fingerprint density at radius 2 is 1.88 bits per heavy atom. The van der Waals surface area contributed by atoms with Crippen molar-refractivity contribution in [2.75, 3.05) is 19.0 Å². The number of anilines is 1. The van der Waals surface area contributed by atoms with Gasteiger partial charge in [-0.2, -0.15) is 0 Å². The number of allylic oxidation sites excluding steroid dienone is 2. The lowest BCUT2D eigenvalue weighted by Gasteiger charge is -2.38. The molecule has 3 aromatic rings. The van der Waals surface area contributed by atoms with Gasteiger partial charge in [0.2, 0.25) is 10.0 Å². The number of rotatable bonds is 7. The van der Waals surface area contributed by atoms with Gasteiger partial charge in [-0.3, -0.25) is 0 Å². The van der Waals surface area contributed by atoms with Gasteiger partial charge in [-0.05, 0) is 54.2 Å². The molecule has 3 aromatic carbocycles. The molecule has 0 spiro atoms. The molecule has 7 heteroatoms. The zero-order chi connectivity index (χ0) is 23.7. The summed E-state index contributed by atoms with van der Waals surface area (Å²) in [5.74, 6) is 0.801. The lowest BCUT2D eigenvalue weighted by molar-refractivity contribution is 0.358. The summed E-state index contributed by atoms with van der Waals surface area (Å²) in [7, 11) is -2.09. The average molecular weight is 477 g/mol. The van der Waals surface area contributed by atoms with Crippen LogP contribution in [0.5, 0.6) is 11.5 Å². The minimum atomic E-state index is -3.63. The molecule has 34 heavy (non-hydrogen) atoms. The number of sulfonamides is 1. The van der Waals surface area contributed by atoms with Gasteiger partial charge < -0.3 is 15.2 Å². The smallest absolute Gasteiger partial charge is 0.240 e. The van der Waals surface area contributed by atoms with Crippen LogP contribution in [0.4, 0.5) is 5.69 Å². The van der Waals surface area contributed by atoms with E-state index in [9.17, 15) is 13.5 Å². The Morgan fingerprint density at radius 1 is 1.06 bits per heavy atom. The van der Waals surface area contributed by atoms with Crippen molar-refractivity contribution in [3.05, 3.63) is 95.6 Å². The number of ether oxygens (including phenoxy) is 1. The molecule has 1 aliphatic heterocycles. The summed E-state index contributed by atoms with van der Waals surface area (Å²) >= 11 is 0. The number of benzene rings is 3. The van der Waals surface area contributed by atoms with E-state index in [1.807, 2.05) is 48.5 Å². The maximum absolute atomic E-state index is 13.0. The highest BCUT2D eigenvalue weighted by Gasteiger charge is 2.39. The van der Waals surface area contributed by atoms with Crippen molar-refractivity contribution in [3.63, 3.8) is 0 Å². The van der Waals surface area contributed by atoms with Crippen LogP contribution in [0.25, 0.3) is 0 Å². The van der Waals surface area contributed by atoms with Crippen molar-refractivity contribution in [1.82, 2.24) is 4.72 Å². The molecule has 3 unspecified atom stereocenters. The molecule has 5 rings (SSSR count). The fourth-order valence-electron chi connectivity index (χ4n) is 5.06. The van der Waals surface area contributed by atoms with E-state index in [-0.39, 0.29) is 28.5 Å². The van der Waals surface area contributed by atoms with Gasteiger partial charge in [0.25, 0.3) is 0 Å². The van der Waals surface area contributed by atoms with Gasteiger partial charge in [0.05, 0.1) is 18.0 Å². The number of phenolic OH excluding ortho intramolecular Hbond substituents is 1. The molecule has 0 radical (unpaired) electrons. The molecule has 0 saturated carbocycles. The van der Waals surface area contributed by atoms with Crippen LogP contribution in [0.3, 0.4) is 0 Å². The number of hydrogen-bond acceptors (Lipinski definition) is 5. The van der Waals surface area contributed by atoms with Crippen molar-refractivity contribution < 1.29 is 18.3 Å². The molecule has 1 aliphatic carbocycles. The number of aromatic hydroxyl groups is 1. The molecule has 0 fully saturated rings. The van der Waals surface area contributed by atoms with Crippen molar-refractivity contribution >= 4 is 15.7 Å². The first-order chi connectivity index (χ1) is 16.5. The highest BCUT2D eigenvalue weighted by atomic mass is 32.2. The Labute approximate surface area is 200 Å². The molecule has 1 heterocycles. The van der Waals surface area contributed by atoms with Crippen LogP contribution < -0.4 is 14.8 Å². The highest BCUT2D eigenvalue weighted by Crippen LogP contribution is 2.52. The molecule has 3 N–H and O–H groups in total. The quantitative estimate of drug-likeness (QED) is 0.429. The summed E-state index contributed by atoms with van der Waals surface area (Å²) in [5, 5.41) is 14.3. The lowest BCUT2D eigenvalue weighted by atomic mass is 9.77. The highest BCUT2D eigenvalue weighted by molar-refractivity contribution is 7.89. The number of nitrogens with one attached hydrogen (secondary N) is 2. The molecule has 6 nitrogen and oxygen atoms in total. The SMILES string of the molecule is COc1cccc(C2Nc3ccc(S(=O)(=O)NCCc4ccccc4)cc3C3C=CCC32)c1O. The zero-order valence-corrected chi connectivity index (χ0v) is 19.8. The van der Waals surface area contributed by atoms with Gasteiger partial charge in [0, 0.05) is 23.7 Å². The number of phenols is 1. The number of methoxy groups -OCH3 is 1. The molecule has 176 valence electrons. The third-order valence-electron chi connectivity index (χ3n) is 6.78. The Kier molecular flexibility index (Phi) is 6.06. The third kappa shape index (κ3) is 4.17. The zero-order valence-electron chi connectivity index (χ0n) is 18.9. The summed E-state index contributed by atoms with van der Waals surface area (Å²) in [6.07, 6.45) is 5.75. The largest absolute Gasteiger partial charge is 0.504 e. The van der Waals surface area contributed by atoms with Crippen LogP contribution >= 0.6 is 0 Å². The summed E-state index contributed by atoms with van der Waals surface area (Å²) in [6, 6.07) is 20.5. The van der Waals surface area contributed by atoms with Gasteiger partial charge in [-0.25, -0.2) is 13.1 Å². The first kappa shape index (κ1) is 22.5. The maximum Gasteiger partial charge on any atom is 0.240 e. The first-order valence-corrected chi connectivity index (χ1v) is 12.9. The topological polar surface area (TPSA) is 87.7 Å². The van der Waals surface area contributed by atoms with Crippen LogP contribution in [0, 0.1) is 5.92 Å². The Morgan fingerprint density at radius 3 is 2.68 bits per heavy atom. The summed E-state index contributed by atoms with van der Waals surface area (Å²) in [4.78, 5) is 0.267. The van der Waals surface area contributed by atoms with E-state index in [0.29, 0.717) is 18.7 Å². The minimum Gasteiger partial charge on any atom is -0.504 e. The predicted molar refractivity (Wildman–Crippen MR) is 133 cm³/mol. The van der Waals surface area contributed by atoms with Crippen LogP contribution in [-0.4, -0.2) is 27.2 Å². The molecular formula is C27H28N2O4S. The van der Waals surface area contributed by atoms with Crippen molar-refractivity contribution in [2.45, 2.75) is 29.7 Å². The second-order valence-electron chi connectivity index (χ2n) is 8.76. The summed E-state index contributed by atoms with van der Waals surface area (Å²) in [6.45, 7) is 0.338. The van der Waals surface area contributed by atoms with Gasteiger partial charge in [0.1, 0.15) is 0 Å². The van der Waals surface area contributed by atoms with E-state index >= 15 is 0 Å². The summed E-state index contributed by atoms with van der Waals surface area (Å²) in [5.41, 5.74) is 3.71. The summed E-state index contributed by atoms with van der Waals surface area (Å²) < 4.78 is 34.0. The van der Waals surface area contributed by atoms with Gasteiger partial charge >= 0.3 is 0 Å². The molecule has 0 bridgehead atoms. The second-order valence-corrected chi connectivity index (χ2v) is 10.5. The maximum atomic E-state index is 13.0. The molecule has 0 saturated heterocycles. The standard InChI is InChI=1S/C27H28N2O4S/c1-33-25-12-6-11-22(27(25)30)26-21-10-5-9-20(21)23-17-19(13-14-24(23)29-26)34(31,32)28-16-15-18-7-3-2-4-8-18/h2-9,11-14,17,20-21,26,28-30H,10,15-16H2,1H3. The number of para-hydroxylation sites is 1. The van der Waals surface area contributed by atoms with Crippen molar-refractivity contribution in [3.8, 4) is 11.5 Å². The number of fused-ring (bicyclic) bond motifs is 3. The normalized spacial score (nSPS) is 20.9.